The molecule has 0 amide bonds. The predicted octanol–water partition coefficient (Wildman–Crippen LogP) is 1.20. The molecule has 0 bridgehead atoms. The minimum atomic E-state index is -0.596. The predicted molar refractivity (Wildman–Crippen MR) is 71.7 cm³/mol. The molecule has 3 rings (SSSR count). The topological polar surface area (TPSA) is 102 Å². The quantitative estimate of drug-likeness (QED) is 0.595. The summed E-state index contributed by atoms with van der Waals surface area (Å²) in [7, 11) is 0. The van der Waals surface area contributed by atoms with Gasteiger partial charge < -0.3 is 14.4 Å². The molecule has 0 aliphatic carbocycles. The van der Waals surface area contributed by atoms with Crippen molar-refractivity contribution in [3.05, 3.63) is 27.9 Å². The molecule has 21 heavy (non-hydrogen) atoms. The van der Waals surface area contributed by atoms with E-state index in [2.05, 4.69) is 4.98 Å². The Bertz CT molecular complexity index is 597. The molecule has 8 nitrogen and oxygen atoms in total. The lowest BCUT2D eigenvalue weighted by atomic mass is 10.0. The van der Waals surface area contributed by atoms with Gasteiger partial charge in [-0.2, -0.15) is 5.26 Å². The SMILES string of the molecule is N#Cc1nc(N2CCC3(CC2)OCCO3)ccc1[N+](=O)[O-]. The van der Waals surface area contributed by atoms with Crippen LogP contribution in [0.4, 0.5) is 11.5 Å². The monoisotopic (exact) mass is 290 g/mol. The molecule has 2 fully saturated rings. The van der Waals surface area contributed by atoms with E-state index >= 15 is 0 Å². The molecule has 0 atom stereocenters. The van der Waals surface area contributed by atoms with Crippen LogP contribution >= 0.6 is 0 Å². The number of nitro groups is 1. The van der Waals surface area contributed by atoms with Gasteiger partial charge in [-0.15, -0.1) is 0 Å². The van der Waals surface area contributed by atoms with Crippen molar-refractivity contribution in [3.63, 3.8) is 0 Å². The highest BCUT2D eigenvalue weighted by Crippen LogP contribution is 2.33. The van der Waals surface area contributed by atoms with Crippen molar-refractivity contribution < 1.29 is 14.4 Å². The van der Waals surface area contributed by atoms with Gasteiger partial charge in [0.05, 0.1) is 18.1 Å². The Hall–Kier alpha value is -2.24. The fourth-order valence-corrected chi connectivity index (χ4v) is 2.71. The highest BCUT2D eigenvalue weighted by Gasteiger charge is 2.40. The summed E-state index contributed by atoms with van der Waals surface area (Å²) in [5, 5.41) is 19.8. The number of nitrogens with zero attached hydrogens (tertiary/aromatic N) is 4. The van der Waals surface area contributed by atoms with E-state index in [0.29, 0.717) is 45.0 Å². The van der Waals surface area contributed by atoms with Crippen LogP contribution in [0, 0.1) is 21.4 Å². The number of hydrogen-bond donors (Lipinski definition) is 0. The summed E-state index contributed by atoms with van der Waals surface area (Å²) in [6.45, 7) is 2.59. The molecule has 2 aliphatic heterocycles. The van der Waals surface area contributed by atoms with Crippen LogP contribution < -0.4 is 4.90 Å². The molecule has 1 aromatic heterocycles. The molecule has 110 valence electrons. The second kappa shape index (κ2) is 5.27. The second-order valence-corrected chi connectivity index (χ2v) is 5.00. The lowest BCUT2D eigenvalue weighted by Gasteiger charge is -2.38. The number of hydrogen-bond acceptors (Lipinski definition) is 7. The standard InChI is InChI=1S/C13H14N4O4/c14-9-10-11(17(18)19)1-2-12(15-10)16-5-3-13(4-6-16)20-7-8-21-13/h1-2H,3-8H2. The lowest BCUT2D eigenvalue weighted by molar-refractivity contribution is -0.385. The van der Waals surface area contributed by atoms with Gasteiger partial charge in [-0.05, 0) is 6.07 Å². The van der Waals surface area contributed by atoms with Crippen LogP contribution in [0.5, 0.6) is 0 Å². The molecular formula is C13H14N4O4. The molecule has 0 aromatic carbocycles. The molecular weight excluding hydrogens is 276 g/mol. The van der Waals surface area contributed by atoms with Gasteiger partial charge in [-0.1, -0.05) is 0 Å². The zero-order valence-corrected chi connectivity index (χ0v) is 11.3. The summed E-state index contributed by atoms with van der Waals surface area (Å²) < 4.78 is 11.3. The molecule has 2 saturated heterocycles. The molecule has 0 radical (unpaired) electrons. The third kappa shape index (κ3) is 2.53. The Morgan fingerprint density at radius 3 is 2.57 bits per heavy atom. The molecule has 1 spiro atoms. The Balaban J connectivity index is 1.76. The van der Waals surface area contributed by atoms with E-state index in [1.807, 2.05) is 4.90 Å². The van der Waals surface area contributed by atoms with E-state index in [-0.39, 0.29) is 11.4 Å². The van der Waals surface area contributed by atoms with E-state index in [0.717, 1.165) is 0 Å². The third-order valence-electron chi connectivity index (χ3n) is 3.82. The molecule has 0 saturated carbocycles. The summed E-state index contributed by atoms with van der Waals surface area (Å²) in [4.78, 5) is 16.3. The van der Waals surface area contributed by atoms with Gasteiger partial charge in [0.1, 0.15) is 11.9 Å². The van der Waals surface area contributed by atoms with Crippen molar-refractivity contribution in [1.29, 1.82) is 5.26 Å². The Morgan fingerprint density at radius 1 is 1.33 bits per heavy atom. The van der Waals surface area contributed by atoms with E-state index in [1.54, 1.807) is 12.1 Å². The number of ether oxygens (including phenoxy) is 2. The maximum Gasteiger partial charge on any atom is 0.305 e. The first kappa shape index (κ1) is 13.7. The van der Waals surface area contributed by atoms with Crippen molar-refractivity contribution in [1.82, 2.24) is 4.98 Å². The fraction of sp³-hybridized carbons (Fsp3) is 0.538. The molecule has 0 unspecified atom stereocenters. The summed E-state index contributed by atoms with van der Waals surface area (Å²) in [6.07, 6.45) is 1.43. The van der Waals surface area contributed by atoms with Crippen LogP contribution in [0.3, 0.4) is 0 Å². The van der Waals surface area contributed by atoms with Crippen molar-refractivity contribution in [2.75, 3.05) is 31.2 Å². The van der Waals surface area contributed by atoms with E-state index in [9.17, 15) is 10.1 Å². The second-order valence-electron chi connectivity index (χ2n) is 5.00. The highest BCUT2D eigenvalue weighted by molar-refractivity contribution is 5.51. The molecule has 2 aliphatic rings. The maximum atomic E-state index is 10.8. The van der Waals surface area contributed by atoms with Crippen LogP contribution in [0.1, 0.15) is 18.5 Å². The van der Waals surface area contributed by atoms with Crippen LogP contribution in [0.2, 0.25) is 0 Å². The number of rotatable bonds is 2. The van der Waals surface area contributed by atoms with Crippen LogP contribution in [-0.2, 0) is 9.47 Å². The van der Waals surface area contributed by atoms with Gasteiger partial charge in [-0.25, -0.2) is 4.98 Å². The number of nitriles is 1. The van der Waals surface area contributed by atoms with Crippen molar-refractivity contribution >= 4 is 11.5 Å². The van der Waals surface area contributed by atoms with Crippen LogP contribution in [0.15, 0.2) is 12.1 Å². The molecule has 8 heteroatoms. The number of piperidine rings is 1. The van der Waals surface area contributed by atoms with Gasteiger partial charge in [0, 0.05) is 32.0 Å². The Morgan fingerprint density at radius 2 is 2.00 bits per heavy atom. The van der Waals surface area contributed by atoms with Gasteiger partial charge in [-0.3, -0.25) is 10.1 Å². The third-order valence-corrected chi connectivity index (χ3v) is 3.82. The van der Waals surface area contributed by atoms with Gasteiger partial charge in [0.15, 0.2) is 5.79 Å². The average Bonchev–Trinajstić information content (AvgIpc) is 2.95. The average molecular weight is 290 g/mol. The Labute approximate surface area is 121 Å². The van der Waals surface area contributed by atoms with E-state index in [4.69, 9.17) is 14.7 Å². The first-order valence-corrected chi connectivity index (χ1v) is 6.72. The zero-order chi connectivity index (χ0) is 14.9. The number of anilines is 1. The first-order chi connectivity index (χ1) is 10.1. The highest BCUT2D eigenvalue weighted by atomic mass is 16.7. The fourth-order valence-electron chi connectivity index (χ4n) is 2.71. The Kier molecular flexibility index (Phi) is 3.45. The van der Waals surface area contributed by atoms with E-state index < -0.39 is 10.7 Å². The molecule has 3 heterocycles. The molecule has 0 N–H and O–H groups in total. The summed E-state index contributed by atoms with van der Waals surface area (Å²) in [5.41, 5.74) is -0.427. The minimum Gasteiger partial charge on any atom is -0.356 e. The van der Waals surface area contributed by atoms with E-state index in [1.165, 1.54) is 6.07 Å². The number of pyridine rings is 1. The van der Waals surface area contributed by atoms with Gasteiger partial charge in [0.2, 0.25) is 5.69 Å². The summed E-state index contributed by atoms with van der Waals surface area (Å²) in [5.74, 6) is 0.0972. The van der Waals surface area contributed by atoms with Crippen molar-refractivity contribution in [2.24, 2.45) is 0 Å². The van der Waals surface area contributed by atoms with Crippen LogP contribution in [-0.4, -0.2) is 42.0 Å². The number of aromatic nitrogens is 1. The smallest absolute Gasteiger partial charge is 0.305 e. The maximum absolute atomic E-state index is 10.8. The van der Waals surface area contributed by atoms with Crippen molar-refractivity contribution in [2.45, 2.75) is 18.6 Å². The van der Waals surface area contributed by atoms with Crippen LogP contribution in [0.25, 0.3) is 0 Å². The largest absolute Gasteiger partial charge is 0.356 e. The van der Waals surface area contributed by atoms with Crippen molar-refractivity contribution in [3.8, 4) is 6.07 Å². The summed E-state index contributed by atoms with van der Waals surface area (Å²) >= 11 is 0. The van der Waals surface area contributed by atoms with Gasteiger partial charge >= 0.3 is 5.69 Å². The normalized spacial score (nSPS) is 20.4. The first-order valence-electron chi connectivity index (χ1n) is 6.72. The summed E-state index contributed by atoms with van der Waals surface area (Å²) in [6, 6.07) is 4.68. The zero-order valence-electron chi connectivity index (χ0n) is 11.3. The molecule has 1 aromatic rings. The van der Waals surface area contributed by atoms with Gasteiger partial charge in [0.25, 0.3) is 0 Å². The lowest BCUT2D eigenvalue weighted by Crippen LogP contribution is -2.45. The minimum absolute atomic E-state index is 0.161.